The minimum absolute atomic E-state index is 0.0948. The molecule has 1 aliphatic heterocycles. The Morgan fingerprint density at radius 1 is 1.28 bits per heavy atom. The summed E-state index contributed by atoms with van der Waals surface area (Å²) in [7, 11) is 2.04. The monoisotopic (exact) mass is 254 g/mol. The molecule has 0 bridgehead atoms. The third-order valence-corrected chi connectivity index (χ3v) is 4.75. The summed E-state index contributed by atoms with van der Waals surface area (Å²) in [6.07, 6.45) is 6.64. The summed E-state index contributed by atoms with van der Waals surface area (Å²) in [5.41, 5.74) is 5.11. The fraction of sp³-hybridized carbons (Fsp3) is 0.929. The first-order valence-corrected chi connectivity index (χ1v) is 7.23. The molecule has 0 aromatic carbocycles. The van der Waals surface area contributed by atoms with Crippen LogP contribution in [-0.4, -0.2) is 47.6 Å². The third-order valence-electron chi connectivity index (χ3n) is 4.75. The number of Topliss-reactive ketones (excluding diaryl/α,β-unsaturated/α-hetero) is 1. The molecule has 4 nitrogen and oxygen atoms in total. The van der Waals surface area contributed by atoms with Gasteiger partial charge in [-0.05, 0) is 32.7 Å². The van der Waals surface area contributed by atoms with Gasteiger partial charge in [-0.1, -0.05) is 19.3 Å². The highest BCUT2D eigenvalue weighted by Gasteiger charge is 2.42. The van der Waals surface area contributed by atoms with E-state index in [9.17, 15) is 9.90 Å². The molecule has 2 aliphatic rings. The molecule has 3 N–H and O–H groups in total. The van der Waals surface area contributed by atoms with E-state index in [-0.39, 0.29) is 11.7 Å². The zero-order chi connectivity index (χ0) is 13.2. The van der Waals surface area contributed by atoms with Gasteiger partial charge in [-0.2, -0.15) is 0 Å². The van der Waals surface area contributed by atoms with Crippen molar-refractivity contribution in [3.8, 4) is 0 Å². The predicted molar refractivity (Wildman–Crippen MR) is 71.2 cm³/mol. The number of nitrogens with zero attached hydrogens (tertiary/aromatic N) is 1. The van der Waals surface area contributed by atoms with Crippen LogP contribution in [0.3, 0.4) is 0 Å². The second kappa shape index (κ2) is 5.68. The number of nitrogens with two attached hydrogens (primary N) is 1. The van der Waals surface area contributed by atoms with Crippen molar-refractivity contribution in [2.45, 2.75) is 56.6 Å². The summed E-state index contributed by atoms with van der Waals surface area (Å²) in [5.74, 6) is 0.194. The average Bonchev–Trinajstić information content (AvgIpc) is 2.41. The van der Waals surface area contributed by atoms with Crippen molar-refractivity contribution in [3.63, 3.8) is 0 Å². The quantitative estimate of drug-likeness (QED) is 0.786. The van der Waals surface area contributed by atoms with E-state index in [0.717, 1.165) is 38.8 Å². The van der Waals surface area contributed by atoms with Crippen LogP contribution in [0.2, 0.25) is 0 Å². The number of aliphatic hydroxyl groups is 1. The van der Waals surface area contributed by atoms with Gasteiger partial charge < -0.3 is 15.7 Å². The Morgan fingerprint density at radius 2 is 1.83 bits per heavy atom. The van der Waals surface area contributed by atoms with Gasteiger partial charge in [-0.25, -0.2) is 0 Å². The topological polar surface area (TPSA) is 66.6 Å². The molecule has 1 heterocycles. The molecule has 1 saturated heterocycles. The molecule has 0 amide bonds. The summed E-state index contributed by atoms with van der Waals surface area (Å²) in [6.45, 7) is 1.64. The Bertz CT molecular complexity index is 292. The smallest absolute Gasteiger partial charge is 0.155 e. The fourth-order valence-electron chi connectivity index (χ4n) is 3.22. The fourth-order valence-corrected chi connectivity index (χ4v) is 3.22. The first-order valence-electron chi connectivity index (χ1n) is 7.23. The molecule has 4 heteroatoms. The lowest BCUT2D eigenvalue weighted by Crippen LogP contribution is -2.58. The van der Waals surface area contributed by atoms with E-state index in [1.807, 2.05) is 7.05 Å². The maximum Gasteiger partial charge on any atom is 0.155 e. The van der Waals surface area contributed by atoms with E-state index in [1.54, 1.807) is 0 Å². The van der Waals surface area contributed by atoms with Crippen molar-refractivity contribution in [1.82, 2.24) is 4.90 Å². The van der Waals surface area contributed by atoms with E-state index < -0.39 is 11.6 Å². The molecule has 1 aliphatic carbocycles. The van der Waals surface area contributed by atoms with Crippen LogP contribution >= 0.6 is 0 Å². The molecule has 18 heavy (non-hydrogen) atoms. The first-order chi connectivity index (χ1) is 8.53. The standard InChI is InChI=1S/C14H26N2O2/c1-16-9-7-14(18,8-10-16)13(15)12(17)11-5-3-2-4-6-11/h11,13,18H,2-10,15H2,1H3. The van der Waals surface area contributed by atoms with Gasteiger partial charge in [-0.3, -0.25) is 4.79 Å². The van der Waals surface area contributed by atoms with Crippen molar-refractivity contribution in [2.75, 3.05) is 20.1 Å². The average molecular weight is 254 g/mol. The van der Waals surface area contributed by atoms with Gasteiger partial charge in [0.25, 0.3) is 0 Å². The molecule has 0 spiro atoms. The van der Waals surface area contributed by atoms with Crippen LogP contribution in [0.5, 0.6) is 0 Å². The van der Waals surface area contributed by atoms with E-state index in [4.69, 9.17) is 5.73 Å². The number of hydrogen-bond donors (Lipinski definition) is 2. The Balaban J connectivity index is 1.96. The highest BCUT2D eigenvalue weighted by Crippen LogP contribution is 2.30. The van der Waals surface area contributed by atoms with Gasteiger partial charge in [0.15, 0.2) is 5.78 Å². The van der Waals surface area contributed by atoms with Crippen LogP contribution in [0.25, 0.3) is 0 Å². The number of likely N-dealkylation sites (tertiary alicyclic amines) is 1. The first kappa shape index (κ1) is 14.0. The normalized spacial score (nSPS) is 27.9. The summed E-state index contributed by atoms with van der Waals surface area (Å²) < 4.78 is 0. The van der Waals surface area contributed by atoms with Crippen molar-refractivity contribution in [2.24, 2.45) is 11.7 Å². The lowest BCUT2D eigenvalue weighted by molar-refractivity contribution is -0.134. The van der Waals surface area contributed by atoms with Crippen LogP contribution in [0.1, 0.15) is 44.9 Å². The van der Waals surface area contributed by atoms with E-state index in [0.29, 0.717) is 12.8 Å². The van der Waals surface area contributed by atoms with Crippen LogP contribution < -0.4 is 5.73 Å². The Hall–Kier alpha value is -0.450. The van der Waals surface area contributed by atoms with Crippen molar-refractivity contribution in [3.05, 3.63) is 0 Å². The summed E-state index contributed by atoms with van der Waals surface area (Å²) in [6, 6.07) is -0.686. The zero-order valence-electron chi connectivity index (χ0n) is 11.4. The predicted octanol–water partition coefficient (Wildman–Crippen LogP) is 0.920. The highest BCUT2D eigenvalue weighted by atomic mass is 16.3. The molecule has 1 saturated carbocycles. The molecule has 104 valence electrons. The molecule has 1 atom stereocenters. The molecule has 2 rings (SSSR count). The number of ketones is 1. The number of rotatable bonds is 3. The van der Waals surface area contributed by atoms with Gasteiger partial charge in [0.1, 0.15) is 0 Å². The molecular weight excluding hydrogens is 228 g/mol. The summed E-state index contributed by atoms with van der Waals surface area (Å²) >= 11 is 0. The molecule has 0 radical (unpaired) electrons. The van der Waals surface area contributed by atoms with E-state index >= 15 is 0 Å². The molecular formula is C14H26N2O2. The highest BCUT2D eigenvalue weighted by molar-refractivity contribution is 5.87. The number of hydrogen-bond acceptors (Lipinski definition) is 4. The Labute approximate surface area is 110 Å². The zero-order valence-corrected chi connectivity index (χ0v) is 11.4. The van der Waals surface area contributed by atoms with Crippen molar-refractivity contribution >= 4 is 5.78 Å². The summed E-state index contributed by atoms with van der Waals surface area (Å²) in [5, 5.41) is 10.6. The second-order valence-corrected chi connectivity index (χ2v) is 6.12. The SMILES string of the molecule is CN1CCC(O)(C(N)C(=O)C2CCCCC2)CC1. The van der Waals surface area contributed by atoms with E-state index in [1.165, 1.54) is 6.42 Å². The number of carbonyl (C=O) groups excluding carboxylic acids is 1. The maximum atomic E-state index is 12.4. The summed E-state index contributed by atoms with van der Waals surface area (Å²) in [4.78, 5) is 14.6. The largest absolute Gasteiger partial charge is 0.388 e. The van der Waals surface area contributed by atoms with Crippen LogP contribution in [0.4, 0.5) is 0 Å². The van der Waals surface area contributed by atoms with Crippen LogP contribution in [-0.2, 0) is 4.79 Å². The van der Waals surface area contributed by atoms with Gasteiger partial charge in [0.05, 0.1) is 11.6 Å². The van der Waals surface area contributed by atoms with Crippen molar-refractivity contribution < 1.29 is 9.90 Å². The van der Waals surface area contributed by atoms with E-state index in [2.05, 4.69) is 4.90 Å². The Morgan fingerprint density at radius 3 is 2.39 bits per heavy atom. The number of piperidine rings is 1. The minimum Gasteiger partial charge on any atom is -0.388 e. The van der Waals surface area contributed by atoms with Gasteiger partial charge in [0.2, 0.25) is 0 Å². The van der Waals surface area contributed by atoms with Gasteiger partial charge in [-0.15, -0.1) is 0 Å². The Kier molecular flexibility index (Phi) is 4.41. The van der Waals surface area contributed by atoms with Crippen LogP contribution in [0.15, 0.2) is 0 Å². The second-order valence-electron chi connectivity index (χ2n) is 6.12. The lowest BCUT2D eigenvalue weighted by atomic mass is 9.76. The number of carbonyl (C=O) groups is 1. The lowest BCUT2D eigenvalue weighted by Gasteiger charge is -2.41. The molecule has 0 aromatic heterocycles. The maximum absolute atomic E-state index is 12.4. The molecule has 2 fully saturated rings. The van der Waals surface area contributed by atoms with Gasteiger partial charge in [0, 0.05) is 19.0 Å². The van der Waals surface area contributed by atoms with Crippen LogP contribution in [0, 0.1) is 5.92 Å². The third kappa shape index (κ3) is 2.92. The minimum atomic E-state index is -0.971. The van der Waals surface area contributed by atoms with Gasteiger partial charge >= 0.3 is 0 Å². The molecule has 0 aromatic rings. The molecule has 1 unspecified atom stereocenters. The van der Waals surface area contributed by atoms with Crippen molar-refractivity contribution in [1.29, 1.82) is 0 Å².